The molecule has 4 aliphatic rings. The van der Waals surface area contributed by atoms with Gasteiger partial charge >= 0.3 is 5.97 Å². The van der Waals surface area contributed by atoms with Crippen LogP contribution >= 0.6 is 0 Å². The van der Waals surface area contributed by atoms with Gasteiger partial charge in [0.05, 0.1) is 25.2 Å². The predicted octanol–water partition coefficient (Wildman–Crippen LogP) is 3.07. The molecule has 6 rings (SSSR count). The number of aromatic hydroxyl groups is 1. The van der Waals surface area contributed by atoms with Gasteiger partial charge in [0, 0.05) is 48.2 Å². The van der Waals surface area contributed by atoms with Crippen molar-refractivity contribution < 1.29 is 43.5 Å². The number of nitrogens with zero attached hydrogens (tertiary/aromatic N) is 2. The SMILES string of the molecule is CCCCCC(=O)N[C@@H](C)C(=O)NC[C@H]1c2c(c(OC(C)=O)c(C)c3c2OCO3)CC2C3c4c(cc(C)c(OC)c4O)CC(C(O)N21)N3C. The van der Waals surface area contributed by atoms with Gasteiger partial charge in [0.15, 0.2) is 23.0 Å². The molecule has 4 N–H and O–H groups in total. The van der Waals surface area contributed by atoms with E-state index in [4.69, 9.17) is 18.9 Å². The fraction of sp³-hybridized carbons (Fsp3) is 0.583. The summed E-state index contributed by atoms with van der Waals surface area (Å²) in [5.41, 5.74) is 4.44. The number of phenols is 1. The van der Waals surface area contributed by atoms with E-state index >= 15 is 0 Å². The molecule has 49 heavy (non-hydrogen) atoms. The highest BCUT2D eigenvalue weighted by Crippen LogP contribution is 2.58. The van der Waals surface area contributed by atoms with Gasteiger partial charge in [-0.2, -0.15) is 0 Å². The van der Waals surface area contributed by atoms with E-state index in [1.54, 1.807) is 6.92 Å². The molecule has 0 saturated carbocycles. The zero-order valence-corrected chi connectivity index (χ0v) is 29.3. The number of aryl methyl sites for hydroxylation is 1. The summed E-state index contributed by atoms with van der Waals surface area (Å²) >= 11 is 0. The lowest BCUT2D eigenvalue weighted by atomic mass is 9.73. The summed E-state index contributed by atoms with van der Waals surface area (Å²) in [4.78, 5) is 42.6. The van der Waals surface area contributed by atoms with E-state index in [1.807, 2.05) is 31.9 Å². The normalized spacial score (nSPS) is 24.3. The molecule has 266 valence electrons. The number of hydrogen-bond donors (Lipinski definition) is 4. The van der Waals surface area contributed by atoms with Crippen molar-refractivity contribution in [2.75, 3.05) is 27.5 Å². The first-order chi connectivity index (χ1) is 23.4. The van der Waals surface area contributed by atoms with Crippen molar-refractivity contribution in [2.24, 2.45) is 0 Å². The number of aliphatic hydroxyl groups is 1. The number of methoxy groups -OCH3 is 1. The highest BCUT2D eigenvalue weighted by atomic mass is 16.7. The summed E-state index contributed by atoms with van der Waals surface area (Å²) < 4.78 is 23.4. The molecular formula is C36H48N4O9. The number of aliphatic hydroxyl groups excluding tert-OH is 1. The van der Waals surface area contributed by atoms with Crippen molar-refractivity contribution in [1.29, 1.82) is 0 Å². The molecule has 1 fully saturated rings. The van der Waals surface area contributed by atoms with Crippen molar-refractivity contribution >= 4 is 17.8 Å². The molecule has 2 amide bonds. The van der Waals surface area contributed by atoms with Gasteiger partial charge in [-0.15, -0.1) is 0 Å². The monoisotopic (exact) mass is 680 g/mol. The van der Waals surface area contributed by atoms with E-state index < -0.39 is 36.4 Å². The van der Waals surface area contributed by atoms with Crippen LogP contribution in [0.2, 0.25) is 0 Å². The van der Waals surface area contributed by atoms with Crippen molar-refractivity contribution in [1.82, 2.24) is 20.4 Å². The Morgan fingerprint density at radius 1 is 1.08 bits per heavy atom. The number of unbranched alkanes of at least 4 members (excludes halogenated alkanes) is 2. The van der Waals surface area contributed by atoms with Crippen molar-refractivity contribution in [3.63, 3.8) is 0 Å². The van der Waals surface area contributed by atoms with Crippen molar-refractivity contribution in [3.05, 3.63) is 39.4 Å². The minimum absolute atomic E-state index is 0.0350. The molecule has 0 aliphatic carbocycles. The van der Waals surface area contributed by atoms with Gasteiger partial charge in [0.25, 0.3) is 0 Å². The number of ether oxygens (including phenoxy) is 4. The number of piperazine rings is 1. The van der Waals surface area contributed by atoms with Crippen LogP contribution in [-0.4, -0.2) is 89.6 Å². The quantitative estimate of drug-likeness (QED) is 0.166. The maximum absolute atomic E-state index is 13.5. The smallest absolute Gasteiger partial charge is 0.308 e. The molecule has 0 spiro atoms. The third-order valence-corrected chi connectivity index (χ3v) is 10.6. The lowest BCUT2D eigenvalue weighted by Gasteiger charge is -2.60. The van der Waals surface area contributed by atoms with Gasteiger partial charge in [-0.05, 0) is 58.2 Å². The summed E-state index contributed by atoms with van der Waals surface area (Å²) in [5, 5.41) is 29.7. The van der Waals surface area contributed by atoms with Gasteiger partial charge in [0.2, 0.25) is 18.6 Å². The van der Waals surface area contributed by atoms with E-state index in [9.17, 15) is 24.6 Å². The number of amides is 2. The molecule has 13 heteroatoms. The Labute approximate surface area is 286 Å². The van der Waals surface area contributed by atoms with Crippen LogP contribution in [0.1, 0.15) is 91.9 Å². The Kier molecular flexibility index (Phi) is 9.71. The first kappa shape index (κ1) is 34.8. The number of likely N-dealkylation sites (N-methyl/N-ethyl adjacent to an activating group) is 1. The number of rotatable bonds is 10. The van der Waals surface area contributed by atoms with Gasteiger partial charge < -0.3 is 39.8 Å². The first-order valence-corrected chi connectivity index (χ1v) is 17.2. The molecule has 0 radical (unpaired) electrons. The van der Waals surface area contributed by atoms with Crippen molar-refractivity contribution in [3.8, 4) is 28.7 Å². The number of fused-ring (bicyclic) bond motifs is 9. The Hall–Kier alpha value is -4.07. The number of esters is 1. The lowest BCUT2D eigenvalue weighted by molar-refractivity contribution is -0.172. The highest BCUT2D eigenvalue weighted by Gasteiger charge is 2.56. The van der Waals surface area contributed by atoms with E-state index in [0.29, 0.717) is 59.0 Å². The van der Waals surface area contributed by atoms with Gasteiger partial charge in [0.1, 0.15) is 18.0 Å². The van der Waals surface area contributed by atoms with Gasteiger partial charge in [-0.25, -0.2) is 0 Å². The topological polar surface area (TPSA) is 159 Å². The number of benzene rings is 2. The molecule has 0 aromatic heterocycles. The summed E-state index contributed by atoms with van der Waals surface area (Å²) in [6.07, 6.45) is 2.85. The van der Waals surface area contributed by atoms with Crippen LogP contribution in [0.25, 0.3) is 0 Å². The third-order valence-electron chi connectivity index (χ3n) is 10.6. The summed E-state index contributed by atoms with van der Waals surface area (Å²) in [7, 11) is 3.47. The van der Waals surface area contributed by atoms with Gasteiger partial charge in [-0.1, -0.05) is 25.8 Å². The second-order valence-corrected chi connectivity index (χ2v) is 13.7. The standard InChI is InChI=1S/C36H48N4O9/c1-8-9-10-11-26(42)38-19(4)35(44)37-15-25-28-22(32(49-20(5)41)18(3)33-34(28)48-16-47-33)14-23-29-27-21(12-17(2)31(46-7)30(27)43)13-24(39(29)6)36(45)40(23)25/h12,19,23-25,29,36,43,45H,8-11,13-16H2,1-7H3,(H,37,44)(H,38,42)/t19-,23?,24?,25-,29?,36?/m0/s1. The Bertz CT molecular complexity index is 1660. The van der Waals surface area contributed by atoms with Gasteiger partial charge in [-0.3, -0.25) is 24.2 Å². The molecular weight excluding hydrogens is 632 g/mol. The third kappa shape index (κ3) is 5.95. The maximum atomic E-state index is 13.5. The number of carbonyl (C=O) groups excluding carboxylic acids is 3. The number of nitrogens with one attached hydrogen (secondary N) is 2. The fourth-order valence-corrected chi connectivity index (χ4v) is 8.39. The first-order valence-electron chi connectivity index (χ1n) is 17.2. The lowest BCUT2D eigenvalue weighted by Crippen LogP contribution is -2.69. The Morgan fingerprint density at radius 2 is 1.82 bits per heavy atom. The van der Waals surface area contributed by atoms with Crippen LogP contribution < -0.4 is 29.6 Å². The average Bonchev–Trinajstić information content (AvgIpc) is 3.54. The minimum Gasteiger partial charge on any atom is -0.504 e. The Balaban J connectivity index is 1.44. The summed E-state index contributed by atoms with van der Waals surface area (Å²) in [5.74, 6) is 0.688. The van der Waals surface area contributed by atoms with E-state index in [-0.39, 0.29) is 36.9 Å². The highest BCUT2D eigenvalue weighted by molar-refractivity contribution is 5.87. The molecule has 6 atom stereocenters. The molecule has 2 aromatic rings. The zero-order valence-electron chi connectivity index (χ0n) is 29.3. The Morgan fingerprint density at radius 3 is 2.51 bits per heavy atom. The fourth-order valence-electron chi connectivity index (χ4n) is 8.39. The number of phenolic OH excluding ortho intramolecular Hbond substituents is 1. The minimum atomic E-state index is -0.980. The number of hydrogen-bond acceptors (Lipinski definition) is 11. The second-order valence-electron chi connectivity index (χ2n) is 13.7. The average molecular weight is 681 g/mol. The predicted molar refractivity (Wildman–Crippen MR) is 179 cm³/mol. The molecule has 4 unspecified atom stereocenters. The molecule has 4 heterocycles. The summed E-state index contributed by atoms with van der Waals surface area (Å²) in [6.45, 7) is 8.76. The van der Waals surface area contributed by atoms with Crippen molar-refractivity contribution in [2.45, 2.75) is 110 Å². The van der Waals surface area contributed by atoms with E-state index in [1.165, 1.54) is 14.0 Å². The number of carbonyl (C=O) groups is 3. The van der Waals surface area contributed by atoms with Crippen LogP contribution in [0.4, 0.5) is 0 Å². The molecule has 2 aromatic carbocycles. The van der Waals surface area contributed by atoms with E-state index in [2.05, 4.69) is 22.5 Å². The van der Waals surface area contributed by atoms with Crippen LogP contribution in [0.3, 0.4) is 0 Å². The van der Waals surface area contributed by atoms with Crippen LogP contribution in [0.15, 0.2) is 6.07 Å². The summed E-state index contributed by atoms with van der Waals surface area (Å²) in [6, 6.07) is -0.597. The van der Waals surface area contributed by atoms with Crippen LogP contribution in [0, 0.1) is 13.8 Å². The largest absolute Gasteiger partial charge is 0.504 e. The van der Waals surface area contributed by atoms with Crippen LogP contribution in [0.5, 0.6) is 28.7 Å². The molecule has 2 bridgehead atoms. The van der Waals surface area contributed by atoms with E-state index in [0.717, 1.165) is 36.0 Å². The zero-order chi connectivity index (χ0) is 35.3. The molecule has 4 aliphatic heterocycles. The molecule has 13 nitrogen and oxygen atoms in total. The second kappa shape index (κ2) is 13.7. The molecule has 1 saturated heterocycles. The maximum Gasteiger partial charge on any atom is 0.308 e. The van der Waals surface area contributed by atoms with Crippen LogP contribution in [-0.2, 0) is 27.2 Å².